The fraction of sp³-hybridized carbons (Fsp3) is 0.353. The maximum absolute atomic E-state index is 13.0. The molecular formula is C17H20N2O5S2. The summed E-state index contributed by atoms with van der Waals surface area (Å²) in [4.78, 5) is 12.1. The van der Waals surface area contributed by atoms with Gasteiger partial charge >= 0.3 is 0 Å². The number of rotatable bonds is 5. The molecule has 1 aromatic rings. The van der Waals surface area contributed by atoms with Crippen molar-refractivity contribution in [2.45, 2.75) is 36.5 Å². The molecule has 2 N–H and O–H groups in total. The molecule has 140 valence electrons. The molecule has 0 aliphatic carbocycles. The van der Waals surface area contributed by atoms with E-state index in [2.05, 4.69) is 11.8 Å². The molecule has 1 heterocycles. The zero-order valence-corrected chi connectivity index (χ0v) is 16.2. The molecule has 9 heteroatoms. The van der Waals surface area contributed by atoms with Gasteiger partial charge in [-0.1, -0.05) is 5.92 Å². The number of thioether (sulfide) groups is 1. The lowest BCUT2D eigenvalue weighted by molar-refractivity contribution is -0.133. The molecule has 1 aliphatic heterocycles. The van der Waals surface area contributed by atoms with Gasteiger partial charge in [0.05, 0.1) is 4.90 Å². The molecule has 0 fully saturated rings. The van der Waals surface area contributed by atoms with Crippen molar-refractivity contribution in [3.63, 3.8) is 0 Å². The Labute approximate surface area is 157 Å². The Morgan fingerprint density at radius 2 is 2.04 bits per heavy atom. The highest BCUT2D eigenvalue weighted by molar-refractivity contribution is 8.03. The van der Waals surface area contributed by atoms with E-state index in [0.29, 0.717) is 5.75 Å². The number of nitrogens with zero attached hydrogens (tertiary/aromatic N) is 1. The summed E-state index contributed by atoms with van der Waals surface area (Å²) < 4.78 is 31.6. The number of ether oxygens (including phenoxy) is 1. The summed E-state index contributed by atoms with van der Waals surface area (Å²) in [5, 5.41) is 10.6. The SMILES string of the molecule is CC#CCOc1ccc(S(=O)(=O)N2C=CSC(C)(C)[C@@H]2C(=O)NO)cc1. The Bertz CT molecular complexity index is 851. The summed E-state index contributed by atoms with van der Waals surface area (Å²) in [6, 6.07) is 4.75. The second kappa shape index (κ2) is 8.03. The number of hydroxylamine groups is 1. The lowest BCUT2D eigenvalue weighted by atomic mass is 10.0. The van der Waals surface area contributed by atoms with E-state index < -0.39 is 26.7 Å². The van der Waals surface area contributed by atoms with Crippen molar-refractivity contribution >= 4 is 27.7 Å². The van der Waals surface area contributed by atoms with Gasteiger partial charge in [-0.15, -0.1) is 17.7 Å². The van der Waals surface area contributed by atoms with Crippen LogP contribution in [0.25, 0.3) is 0 Å². The molecule has 0 saturated carbocycles. The van der Waals surface area contributed by atoms with Crippen LogP contribution < -0.4 is 10.2 Å². The molecule has 1 aliphatic rings. The number of hydrogen-bond acceptors (Lipinski definition) is 6. The van der Waals surface area contributed by atoms with Crippen LogP contribution in [0.5, 0.6) is 5.75 Å². The minimum absolute atomic E-state index is 0.00881. The molecule has 1 atom stereocenters. The molecule has 2 rings (SSSR count). The van der Waals surface area contributed by atoms with Crippen LogP contribution in [0.4, 0.5) is 0 Å². The van der Waals surface area contributed by atoms with Crippen molar-refractivity contribution in [3.05, 3.63) is 35.9 Å². The maximum atomic E-state index is 13.0. The summed E-state index contributed by atoms with van der Waals surface area (Å²) in [5.41, 5.74) is 1.56. The van der Waals surface area contributed by atoms with E-state index in [9.17, 15) is 13.2 Å². The first-order chi connectivity index (χ1) is 12.2. The van der Waals surface area contributed by atoms with Gasteiger partial charge in [0.2, 0.25) is 0 Å². The quantitative estimate of drug-likeness (QED) is 0.449. The number of nitrogens with one attached hydrogen (secondary N) is 1. The topological polar surface area (TPSA) is 95.9 Å². The maximum Gasteiger partial charge on any atom is 0.268 e. The molecule has 0 unspecified atom stereocenters. The number of carbonyl (C=O) groups is 1. The van der Waals surface area contributed by atoms with Gasteiger partial charge in [-0.3, -0.25) is 14.3 Å². The number of carbonyl (C=O) groups excluding carboxylic acids is 1. The minimum atomic E-state index is -4.00. The van der Waals surface area contributed by atoms with Crippen LogP contribution in [0, 0.1) is 11.8 Å². The molecule has 0 spiro atoms. The summed E-state index contributed by atoms with van der Waals surface area (Å²) >= 11 is 1.31. The lowest BCUT2D eigenvalue weighted by Gasteiger charge is -2.40. The standard InChI is InChI=1S/C17H20N2O5S2/c1-4-5-11-24-13-6-8-14(9-7-13)26(22,23)19-10-12-25-17(2,3)15(19)16(20)18-21/h6-10,12,15,21H,11H2,1-3H3,(H,18,20)/t15-/m0/s1. The summed E-state index contributed by atoms with van der Waals surface area (Å²) in [6.07, 6.45) is 1.33. The molecule has 0 aromatic heterocycles. The zero-order valence-electron chi connectivity index (χ0n) is 14.6. The fourth-order valence-corrected chi connectivity index (χ4v) is 5.07. The first-order valence-electron chi connectivity index (χ1n) is 7.68. The van der Waals surface area contributed by atoms with Gasteiger partial charge in [0, 0.05) is 10.9 Å². The van der Waals surface area contributed by atoms with Crippen LogP contribution in [0.3, 0.4) is 0 Å². The molecule has 26 heavy (non-hydrogen) atoms. The van der Waals surface area contributed by atoms with Crippen molar-refractivity contribution < 1.29 is 23.2 Å². The Kier molecular flexibility index (Phi) is 6.23. The molecule has 0 radical (unpaired) electrons. The molecule has 0 bridgehead atoms. The Morgan fingerprint density at radius 1 is 1.38 bits per heavy atom. The van der Waals surface area contributed by atoms with Crippen LogP contribution >= 0.6 is 11.8 Å². The van der Waals surface area contributed by atoms with Crippen molar-refractivity contribution in [1.82, 2.24) is 9.79 Å². The predicted octanol–water partition coefficient (Wildman–Crippen LogP) is 1.95. The van der Waals surface area contributed by atoms with Gasteiger partial charge in [-0.05, 0) is 50.4 Å². The number of amides is 1. The third-order valence-electron chi connectivity index (χ3n) is 3.74. The third-order valence-corrected chi connectivity index (χ3v) is 6.58. The Balaban J connectivity index is 2.35. The van der Waals surface area contributed by atoms with E-state index in [1.54, 1.807) is 31.7 Å². The van der Waals surface area contributed by atoms with Crippen LogP contribution in [0.1, 0.15) is 20.8 Å². The average molecular weight is 396 g/mol. The van der Waals surface area contributed by atoms with Crippen molar-refractivity contribution in [3.8, 4) is 17.6 Å². The largest absolute Gasteiger partial charge is 0.481 e. The van der Waals surface area contributed by atoms with Crippen molar-refractivity contribution in [2.24, 2.45) is 0 Å². The number of sulfonamides is 1. The van der Waals surface area contributed by atoms with Gasteiger partial charge in [0.25, 0.3) is 15.9 Å². The Morgan fingerprint density at radius 3 is 2.62 bits per heavy atom. The van der Waals surface area contributed by atoms with E-state index in [4.69, 9.17) is 9.94 Å². The predicted molar refractivity (Wildman–Crippen MR) is 98.9 cm³/mol. The van der Waals surface area contributed by atoms with E-state index in [0.717, 1.165) is 4.31 Å². The van der Waals surface area contributed by atoms with Crippen molar-refractivity contribution in [2.75, 3.05) is 6.61 Å². The number of hydrogen-bond donors (Lipinski definition) is 2. The fourth-order valence-electron chi connectivity index (χ4n) is 2.46. The summed E-state index contributed by atoms with van der Waals surface area (Å²) in [7, 11) is -4.00. The van der Waals surface area contributed by atoms with Gasteiger partial charge in [-0.2, -0.15) is 0 Å². The van der Waals surface area contributed by atoms with Crippen LogP contribution in [0.2, 0.25) is 0 Å². The highest BCUT2D eigenvalue weighted by atomic mass is 32.2. The third kappa shape index (κ3) is 4.15. The monoisotopic (exact) mass is 396 g/mol. The molecule has 1 amide bonds. The molecular weight excluding hydrogens is 376 g/mol. The normalized spacial score (nSPS) is 18.6. The number of benzene rings is 1. The van der Waals surface area contributed by atoms with E-state index in [1.807, 2.05) is 0 Å². The van der Waals surface area contributed by atoms with Gasteiger partial charge in [0.15, 0.2) is 0 Å². The minimum Gasteiger partial charge on any atom is -0.481 e. The zero-order chi connectivity index (χ0) is 19.4. The first kappa shape index (κ1) is 20.2. The summed E-state index contributed by atoms with van der Waals surface area (Å²) in [5.74, 6) is 5.14. The van der Waals surface area contributed by atoms with Gasteiger partial charge in [0.1, 0.15) is 18.4 Å². The second-order valence-corrected chi connectivity index (χ2v) is 9.31. The molecule has 0 saturated heterocycles. The highest BCUT2D eigenvalue weighted by Gasteiger charge is 2.46. The molecule has 7 nitrogen and oxygen atoms in total. The van der Waals surface area contributed by atoms with Crippen LogP contribution in [-0.4, -0.2) is 41.2 Å². The smallest absolute Gasteiger partial charge is 0.268 e. The second-order valence-electron chi connectivity index (χ2n) is 5.91. The van der Waals surface area contributed by atoms with Gasteiger partial charge < -0.3 is 4.74 Å². The Hall–Kier alpha value is -2.15. The van der Waals surface area contributed by atoms with Crippen LogP contribution in [0.15, 0.2) is 40.8 Å². The molecule has 1 aromatic carbocycles. The first-order valence-corrected chi connectivity index (χ1v) is 10.0. The van der Waals surface area contributed by atoms with E-state index in [1.165, 1.54) is 42.2 Å². The summed E-state index contributed by atoms with van der Waals surface area (Å²) in [6.45, 7) is 5.37. The van der Waals surface area contributed by atoms with Gasteiger partial charge in [-0.25, -0.2) is 13.9 Å². The lowest BCUT2D eigenvalue weighted by Crippen LogP contribution is -2.57. The average Bonchev–Trinajstić information content (AvgIpc) is 2.61. The highest BCUT2D eigenvalue weighted by Crippen LogP contribution is 2.39. The van der Waals surface area contributed by atoms with Crippen LogP contribution in [-0.2, 0) is 14.8 Å². The van der Waals surface area contributed by atoms with E-state index >= 15 is 0 Å². The van der Waals surface area contributed by atoms with Crippen molar-refractivity contribution in [1.29, 1.82) is 0 Å². The van der Waals surface area contributed by atoms with E-state index in [-0.39, 0.29) is 11.5 Å².